The van der Waals surface area contributed by atoms with Gasteiger partial charge in [0.15, 0.2) is 0 Å². The van der Waals surface area contributed by atoms with Crippen molar-refractivity contribution in [2.75, 3.05) is 13.2 Å². The predicted molar refractivity (Wildman–Crippen MR) is 92.8 cm³/mol. The van der Waals surface area contributed by atoms with Crippen LogP contribution in [0.2, 0.25) is 0 Å². The zero-order chi connectivity index (χ0) is 16.8. The van der Waals surface area contributed by atoms with Gasteiger partial charge in [-0.3, -0.25) is 14.5 Å². The number of hydrogen-bond acceptors (Lipinski definition) is 3. The lowest BCUT2D eigenvalue weighted by atomic mass is 10.1. The van der Waals surface area contributed by atoms with Crippen molar-refractivity contribution < 1.29 is 14.3 Å². The number of benzene rings is 2. The summed E-state index contributed by atoms with van der Waals surface area (Å²) in [6.07, 6.45) is 0. The van der Waals surface area contributed by atoms with Crippen molar-refractivity contribution in [1.29, 1.82) is 0 Å². The van der Waals surface area contributed by atoms with Crippen LogP contribution in [0.1, 0.15) is 34.6 Å². The number of ether oxygens (including phenoxy) is 1. The molecule has 0 aromatic heterocycles. The Balaban J connectivity index is 0.000000924. The molecule has 1 aliphatic heterocycles. The minimum absolute atomic E-state index is 0.235. The van der Waals surface area contributed by atoms with Crippen molar-refractivity contribution in [1.82, 2.24) is 4.90 Å². The standard InChI is InChI=1S/C16H12BrNO3.C2H6/c17-11-4-3-5-12(10-11)21-9-8-18-15(19)13-6-1-2-7-14(13)16(18)20;1-2/h1-7,10H,8-9H2;1-2H3. The molecule has 3 rings (SSSR count). The molecule has 0 aliphatic carbocycles. The first-order chi connectivity index (χ1) is 11.2. The van der Waals surface area contributed by atoms with Crippen molar-refractivity contribution in [2.45, 2.75) is 13.8 Å². The molecule has 0 unspecified atom stereocenters. The van der Waals surface area contributed by atoms with E-state index in [2.05, 4.69) is 15.9 Å². The second-order valence-corrected chi connectivity index (χ2v) is 5.53. The minimum Gasteiger partial charge on any atom is -0.492 e. The van der Waals surface area contributed by atoms with Crippen LogP contribution in [0, 0.1) is 0 Å². The van der Waals surface area contributed by atoms with Crippen LogP contribution >= 0.6 is 15.9 Å². The first kappa shape index (κ1) is 17.2. The maximum Gasteiger partial charge on any atom is 0.261 e. The lowest BCUT2D eigenvalue weighted by molar-refractivity contribution is 0.0631. The molecule has 2 aromatic rings. The molecular weight excluding hydrogens is 358 g/mol. The van der Waals surface area contributed by atoms with E-state index >= 15 is 0 Å². The summed E-state index contributed by atoms with van der Waals surface area (Å²) < 4.78 is 6.49. The molecule has 1 aliphatic rings. The second kappa shape index (κ2) is 7.92. The number of fused-ring (bicyclic) bond motifs is 1. The SMILES string of the molecule is CC.O=C1c2ccccc2C(=O)N1CCOc1cccc(Br)c1. The third kappa shape index (κ3) is 3.79. The monoisotopic (exact) mass is 375 g/mol. The van der Waals surface area contributed by atoms with Gasteiger partial charge in [-0.15, -0.1) is 0 Å². The lowest BCUT2D eigenvalue weighted by Gasteiger charge is -2.14. The zero-order valence-electron chi connectivity index (χ0n) is 13.1. The minimum atomic E-state index is -0.256. The molecule has 0 saturated heterocycles. The van der Waals surface area contributed by atoms with Gasteiger partial charge in [0.2, 0.25) is 0 Å². The Morgan fingerprint density at radius 1 is 0.957 bits per heavy atom. The van der Waals surface area contributed by atoms with Crippen LogP contribution in [0.3, 0.4) is 0 Å². The van der Waals surface area contributed by atoms with Crippen molar-refractivity contribution in [3.05, 3.63) is 64.1 Å². The Labute approximate surface area is 144 Å². The highest BCUT2D eigenvalue weighted by Crippen LogP contribution is 2.22. The van der Waals surface area contributed by atoms with E-state index in [1.807, 2.05) is 38.1 Å². The molecule has 120 valence electrons. The summed E-state index contributed by atoms with van der Waals surface area (Å²) in [5, 5.41) is 0. The molecule has 5 heteroatoms. The number of amides is 2. The van der Waals surface area contributed by atoms with Crippen LogP contribution in [0.15, 0.2) is 53.0 Å². The first-order valence-electron chi connectivity index (χ1n) is 7.50. The molecule has 1 heterocycles. The predicted octanol–water partition coefficient (Wildman–Crippen LogP) is 4.15. The summed E-state index contributed by atoms with van der Waals surface area (Å²) in [6, 6.07) is 14.3. The molecule has 0 bridgehead atoms. The van der Waals surface area contributed by atoms with Gasteiger partial charge < -0.3 is 4.74 Å². The molecule has 0 atom stereocenters. The fraction of sp³-hybridized carbons (Fsp3) is 0.222. The number of carbonyl (C=O) groups is 2. The van der Waals surface area contributed by atoms with E-state index in [0.29, 0.717) is 16.9 Å². The molecule has 4 nitrogen and oxygen atoms in total. The number of carbonyl (C=O) groups excluding carboxylic acids is 2. The summed E-state index contributed by atoms with van der Waals surface area (Å²) in [5.74, 6) is 0.183. The Bertz CT molecular complexity index is 680. The van der Waals surface area contributed by atoms with E-state index < -0.39 is 0 Å². The third-order valence-corrected chi connectivity index (χ3v) is 3.75. The highest BCUT2D eigenvalue weighted by Gasteiger charge is 2.34. The summed E-state index contributed by atoms with van der Waals surface area (Å²) in [6.45, 7) is 4.50. The van der Waals surface area contributed by atoms with Gasteiger partial charge in [-0.1, -0.05) is 48.0 Å². The fourth-order valence-electron chi connectivity index (χ4n) is 2.25. The van der Waals surface area contributed by atoms with Crippen molar-refractivity contribution in [3.8, 4) is 5.75 Å². The largest absolute Gasteiger partial charge is 0.492 e. The van der Waals surface area contributed by atoms with Crippen LogP contribution in [0.25, 0.3) is 0 Å². The van der Waals surface area contributed by atoms with Gasteiger partial charge in [0.25, 0.3) is 11.8 Å². The highest BCUT2D eigenvalue weighted by atomic mass is 79.9. The molecule has 0 radical (unpaired) electrons. The fourth-order valence-corrected chi connectivity index (χ4v) is 2.63. The third-order valence-electron chi connectivity index (χ3n) is 3.26. The number of imide groups is 1. The normalized spacial score (nSPS) is 12.6. The van der Waals surface area contributed by atoms with Gasteiger partial charge in [-0.05, 0) is 30.3 Å². The number of hydrogen-bond donors (Lipinski definition) is 0. The number of halogens is 1. The Kier molecular flexibility index (Phi) is 5.93. The summed E-state index contributed by atoms with van der Waals surface area (Å²) in [5.41, 5.74) is 0.926. The zero-order valence-corrected chi connectivity index (χ0v) is 14.7. The van der Waals surface area contributed by atoms with Crippen LogP contribution in [-0.4, -0.2) is 29.9 Å². The molecule has 0 spiro atoms. The van der Waals surface area contributed by atoms with Gasteiger partial charge in [-0.25, -0.2) is 0 Å². The molecule has 0 N–H and O–H groups in total. The number of nitrogens with zero attached hydrogens (tertiary/aromatic N) is 1. The quantitative estimate of drug-likeness (QED) is 0.754. The topological polar surface area (TPSA) is 46.6 Å². The molecular formula is C18H18BrNO3. The van der Waals surface area contributed by atoms with Crippen molar-refractivity contribution in [3.63, 3.8) is 0 Å². The summed E-state index contributed by atoms with van der Waals surface area (Å²) in [7, 11) is 0. The molecule has 2 amide bonds. The van der Waals surface area contributed by atoms with E-state index in [4.69, 9.17) is 4.74 Å². The summed E-state index contributed by atoms with van der Waals surface area (Å²) >= 11 is 3.36. The smallest absolute Gasteiger partial charge is 0.261 e. The van der Waals surface area contributed by atoms with Crippen LogP contribution in [0.4, 0.5) is 0 Å². The number of rotatable bonds is 4. The first-order valence-corrected chi connectivity index (χ1v) is 8.30. The molecule has 0 saturated carbocycles. The molecule has 23 heavy (non-hydrogen) atoms. The van der Waals surface area contributed by atoms with Crippen LogP contribution in [-0.2, 0) is 0 Å². The lowest BCUT2D eigenvalue weighted by Crippen LogP contribution is -2.33. The Morgan fingerprint density at radius 2 is 1.57 bits per heavy atom. The summed E-state index contributed by atoms with van der Waals surface area (Å²) in [4.78, 5) is 25.5. The maximum absolute atomic E-state index is 12.1. The van der Waals surface area contributed by atoms with Gasteiger partial charge in [0, 0.05) is 4.47 Å². The van der Waals surface area contributed by atoms with Crippen LogP contribution in [0.5, 0.6) is 5.75 Å². The average Bonchev–Trinajstić information content (AvgIpc) is 2.82. The van der Waals surface area contributed by atoms with Crippen molar-refractivity contribution >= 4 is 27.7 Å². The molecule has 0 fully saturated rings. The van der Waals surface area contributed by atoms with Crippen molar-refractivity contribution in [2.24, 2.45) is 0 Å². The van der Waals surface area contributed by atoms with Gasteiger partial charge in [0.1, 0.15) is 12.4 Å². The highest BCUT2D eigenvalue weighted by molar-refractivity contribution is 9.10. The van der Waals surface area contributed by atoms with E-state index in [-0.39, 0.29) is 25.0 Å². The molecule has 2 aromatic carbocycles. The second-order valence-electron chi connectivity index (χ2n) is 4.61. The van der Waals surface area contributed by atoms with E-state index in [0.717, 1.165) is 4.47 Å². The van der Waals surface area contributed by atoms with E-state index in [1.165, 1.54) is 4.90 Å². The van der Waals surface area contributed by atoms with Gasteiger partial charge in [0.05, 0.1) is 17.7 Å². The van der Waals surface area contributed by atoms with E-state index in [9.17, 15) is 9.59 Å². The van der Waals surface area contributed by atoms with Gasteiger partial charge in [-0.2, -0.15) is 0 Å². The average molecular weight is 376 g/mol. The van der Waals surface area contributed by atoms with Gasteiger partial charge >= 0.3 is 0 Å². The maximum atomic E-state index is 12.1. The van der Waals surface area contributed by atoms with Crippen LogP contribution < -0.4 is 4.74 Å². The van der Waals surface area contributed by atoms with E-state index in [1.54, 1.807) is 24.3 Å². The Morgan fingerprint density at radius 3 is 2.13 bits per heavy atom. The Hall–Kier alpha value is -2.14.